The minimum absolute atomic E-state index is 0.259. The molecule has 9 nitrogen and oxygen atoms in total. The summed E-state index contributed by atoms with van der Waals surface area (Å²) in [6.45, 7) is 2.37. The summed E-state index contributed by atoms with van der Waals surface area (Å²) in [6, 6.07) is 10.7. The topological polar surface area (TPSA) is 108 Å². The molecular formula is C15H15N7O2S. The zero-order valence-electron chi connectivity index (χ0n) is 13.6. The first kappa shape index (κ1) is 16.8. The molecule has 0 spiro atoms. The smallest absolute Gasteiger partial charge is 0.271 e. The summed E-state index contributed by atoms with van der Waals surface area (Å²) in [5, 5.41) is 23.4. The van der Waals surface area contributed by atoms with Gasteiger partial charge in [-0.2, -0.15) is 4.68 Å². The third kappa shape index (κ3) is 3.74. The third-order valence-electron chi connectivity index (χ3n) is 3.16. The van der Waals surface area contributed by atoms with Crippen molar-refractivity contribution >= 4 is 17.7 Å². The predicted molar refractivity (Wildman–Crippen MR) is 89.9 cm³/mol. The van der Waals surface area contributed by atoms with Crippen molar-refractivity contribution in [3.63, 3.8) is 0 Å². The first-order valence-corrected chi connectivity index (χ1v) is 8.26. The van der Waals surface area contributed by atoms with Gasteiger partial charge >= 0.3 is 0 Å². The fourth-order valence-electron chi connectivity index (χ4n) is 2.04. The standard InChI is InChI=1S/C15H15N7O2S/c1-3-16-14(23)10-8-9-13(18-17-10)25-15-19-20-21-22(15)11-6-4-5-7-12(11)24-2/h4-9H,3H2,1-2H3,(H,16,23). The van der Waals surface area contributed by atoms with Gasteiger partial charge in [0.2, 0.25) is 5.16 Å². The van der Waals surface area contributed by atoms with Crippen LogP contribution in [0, 0.1) is 0 Å². The molecule has 0 atom stereocenters. The molecule has 0 fully saturated rings. The number of benzene rings is 1. The zero-order valence-corrected chi connectivity index (χ0v) is 14.4. The summed E-state index contributed by atoms with van der Waals surface area (Å²) in [4.78, 5) is 11.7. The lowest BCUT2D eigenvalue weighted by molar-refractivity contribution is 0.0949. The minimum Gasteiger partial charge on any atom is -0.494 e. The molecule has 0 aliphatic carbocycles. The molecule has 0 aliphatic rings. The molecule has 1 aromatic carbocycles. The van der Waals surface area contributed by atoms with E-state index in [0.29, 0.717) is 28.2 Å². The largest absolute Gasteiger partial charge is 0.494 e. The van der Waals surface area contributed by atoms with Gasteiger partial charge in [-0.1, -0.05) is 12.1 Å². The van der Waals surface area contributed by atoms with Gasteiger partial charge in [0.1, 0.15) is 16.5 Å². The van der Waals surface area contributed by atoms with Crippen LogP contribution in [0.4, 0.5) is 0 Å². The molecule has 1 amide bonds. The fraction of sp³-hybridized carbons (Fsp3) is 0.200. The Morgan fingerprint density at radius 2 is 2.04 bits per heavy atom. The van der Waals surface area contributed by atoms with E-state index in [0.717, 1.165) is 0 Å². The van der Waals surface area contributed by atoms with Crippen molar-refractivity contribution in [2.24, 2.45) is 0 Å². The van der Waals surface area contributed by atoms with E-state index in [1.807, 2.05) is 31.2 Å². The van der Waals surface area contributed by atoms with Crippen LogP contribution in [-0.2, 0) is 0 Å². The van der Waals surface area contributed by atoms with Crippen LogP contribution in [0.25, 0.3) is 5.69 Å². The highest BCUT2D eigenvalue weighted by Gasteiger charge is 2.15. The van der Waals surface area contributed by atoms with E-state index < -0.39 is 0 Å². The Morgan fingerprint density at radius 3 is 2.76 bits per heavy atom. The molecule has 0 bridgehead atoms. The summed E-state index contributed by atoms with van der Waals surface area (Å²) in [6.07, 6.45) is 0. The highest BCUT2D eigenvalue weighted by atomic mass is 32.2. The second-order valence-electron chi connectivity index (χ2n) is 4.76. The molecule has 3 rings (SSSR count). The van der Waals surface area contributed by atoms with Crippen LogP contribution in [0.2, 0.25) is 0 Å². The number of amides is 1. The van der Waals surface area contributed by atoms with E-state index in [2.05, 4.69) is 31.0 Å². The SMILES string of the molecule is CCNC(=O)c1ccc(Sc2nnnn2-c2ccccc2OC)nn1. The molecule has 0 unspecified atom stereocenters. The Bertz CT molecular complexity index is 866. The van der Waals surface area contributed by atoms with Crippen molar-refractivity contribution in [1.29, 1.82) is 0 Å². The lowest BCUT2D eigenvalue weighted by Crippen LogP contribution is -2.23. The number of nitrogens with one attached hydrogen (secondary N) is 1. The van der Waals surface area contributed by atoms with Crippen LogP contribution in [0.3, 0.4) is 0 Å². The van der Waals surface area contributed by atoms with E-state index in [1.165, 1.54) is 11.8 Å². The second kappa shape index (κ2) is 7.71. The van der Waals surface area contributed by atoms with Crippen molar-refractivity contribution in [3.05, 3.63) is 42.1 Å². The molecule has 25 heavy (non-hydrogen) atoms. The Kier molecular flexibility index (Phi) is 5.19. The van der Waals surface area contributed by atoms with Gasteiger partial charge in [-0.15, -0.1) is 15.3 Å². The van der Waals surface area contributed by atoms with Gasteiger partial charge in [-0.3, -0.25) is 4.79 Å². The number of ether oxygens (including phenoxy) is 1. The molecule has 0 radical (unpaired) electrons. The monoisotopic (exact) mass is 357 g/mol. The Hall–Kier alpha value is -3.01. The van der Waals surface area contributed by atoms with Crippen LogP contribution in [0.1, 0.15) is 17.4 Å². The highest BCUT2D eigenvalue weighted by molar-refractivity contribution is 7.99. The van der Waals surface area contributed by atoms with E-state index in [9.17, 15) is 4.79 Å². The summed E-state index contributed by atoms with van der Waals surface area (Å²) < 4.78 is 6.90. The quantitative estimate of drug-likeness (QED) is 0.704. The average Bonchev–Trinajstić information content (AvgIpc) is 3.10. The molecule has 2 heterocycles. The van der Waals surface area contributed by atoms with Gasteiger partial charge in [0.25, 0.3) is 5.91 Å². The van der Waals surface area contributed by atoms with Gasteiger partial charge < -0.3 is 10.1 Å². The molecular weight excluding hydrogens is 342 g/mol. The summed E-state index contributed by atoms with van der Waals surface area (Å²) >= 11 is 1.23. The van der Waals surface area contributed by atoms with Crippen LogP contribution in [0.5, 0.6) is 5.75 Å². The molecule has 3 aromatic rings. The number of carbonyl (C=O) groups is 1. The van der Waals surface area contributed by atoms with Crippen LogP contribution < -0.4 is 10.1 Å². The summed E-state index contributed by atoms with van der Waals surface area (Å²) in [5.41, 5.74) is 0.972. The van der Waals surface area contributed by atoms with E-state index in [-0.39, 0.29) is 11.6 Å². The molecule has 0 saturated carbocycles. The van der Waals surface area contributed by atoms with Crippen LogP contribution in [0.15, 0.2) is 46.6 Å². The van der Waals surface area contributed by atoms with Crippen molar-refractivity contribution in [1.82, 2.24) is 35.7 Å². The predicted octanol–water partition coefficient (Wildman–Crippen LogP) is 1.36. The van der Waals surface area contributed by atoms with Crippen LogP contribution in [-0.4, -0.2) is 50.0 Å². The van der Waals surface area contributed by atoms with Crippen molar-refractivity contribution in [3.8, 4) is 11.4 Å². The molecule has 128 valence electrons. The third-order valence-corrected chi connectivity index (χ3v) is 4.02. The number of methoxy groups -OCH3 is 1. The number of hydrogen-bond donors (Lipinski definition) is 1. The number of rotatable bonds is 6. The average molecular weight is 357 g/mol. The Morgan fingerprint density at radius 1 is 1.20 bits per heavy atom. The van der Waals surface area contributed by atoms with E-state index >= 15 is 0 Å². The number of nitrogens with zero attached hydrogens (tertiary/aromatic N) is 6. The maximum Gasteiger partial charge on any atom is 0.271 e. The van der Waals surface area contributed by atoms with Gasteiger partial charge in [0.05, 0.1) is 7.11 Å². The van der Waals surface area contributed by atoms with Gasteiger partial charge in [-0.25, -0.2) is 0 Å². The number of para-hydroxylation sites is 2. The number of carbonyl (C=O) groups excluding carboxylic acids is 1. The zero-order chi connectivity index (χ0) is 17.6. The van der Waals surface area contributed by atoms with Crippen molar-refractivity contribution < 1.29 is 9.53 Å². The normalized spacial score (nSPS) is 10.5. The van der Waals surface area contributed by atoms with E-state index in [4.69, 9.17) is 4.74 Å². The van der Waals surface area contributed by atoms with Gasteiger partial charge in [0, 0.05) is 6.54 Å². The molecule has 10 heteroatoms. The lowest BCUT2D eigenvalue weighted by Gasteiger charge is -2.08. The second-order valence-corrected chi connectivity index (χ2v) is 5.75. The highest BCUT2D eigenvalue weighted by Crippen LogP contribution is 2.28. The molecule has 0 aliphatic heterocycles. The minimum atomic E-state index is -0.259. The van der Waals surface area contributed by atoms with Crippen molar-refractivity contribution in [2.75, 3.05) is 13.7 Å². The first-order chi connectivity index (χ1) is 12.2. The summed E-state index contributed by atoms with van der Waals surface area (Å²) in [7, 11) is 1.58. The summed E-state index contributed by atoms with van der Waals surface area (Å²) in [5.74, 6) is 0.389. The fourth-order valence-corrected chi connectivity index (χ4v) is 2.74. The number of aromatic nitrogens is 6. The Labute approximate surface area is 147 Å². The maximum absolute atomic E-state index is 11.7. The number of hydrogen-bond acceptors (Lipinski definition) is 8. The van der Waals surface area contributed by atoms with Gasteiger partial charge in [-0.05, 0) is 53.4 Å². The van der Waals surface area contributed by atoms with Gasteiger partial charge in [0.15, 0.2) is 5.69 Å². The van der Waals surface area contributed by atoms with Crippen LogP contribution >= 0.6 is 11.8 Å². The maximum atomic E-state index is 11.7. The number of tetrazole rings is 1. The molecule has 2 aromatic heterocycles. The van der Waals surface area contributed by atoms with E-state index in [1.54, 1.807) is 23.9 Å². The molecule has 0 saturated heterocycles. The lowest BCUT2D eigenvalue weighted by atomic mass is 10.3. The Balaban J connectivity index is 1.83. The molecule has 1 N–H and O–H groups in total. The first-order valence-electron chi connectivity index (χ1n) is 7.44. The van der Waals surface area contributed by atoms with Crippen molar-refractivity contribution in [2.45, 2.75) is 17.1 Å².